The number of carbonyl (C=O) groups excluding carboxylic acids is 1. The van der Waals surface area contributed by atoms with Crippen LogP contribution in [0.4, 0.5) is 4.39 Å². The second-order valence-corrected chi connectivity index (χ2v) is 9.04. The van der Waals surface area contributed by atoms with Crippen LogP contribution in [0.2, 0.25) is 0 Å². The van der Waals surface area contributed by atoms with Crippen molar-refractivity contribution in [3.63, 3.8) is 0 Å². The third-order valence-corrected chi connectivity index (χ3v) is 6.94. The number of nitrogens with one attached hydrogen (secondary N) is 1. The number of ether oxygens (including phenoxy) is 1. The van der Waals surface area contributed by atoms with Crippen molar-refractivity contribution in [1.29, 1.82) is 0 Å². The van der Waals surface area contributed by atoms with Crippen molar-refractivity contribution >= 4 is 23.2 Å². The number of rotatable bonds is 7. The van der Waals surface area contributed by atoms with Gasteiger partial charge >= 0.3 is 5.97 Å². The van der Waals surface area contributed by atoms with Gasteiger partial charge in [-0.15, -0.1) is 11.3 Å². The summed E-state index contributed by atoms with van der Waals surface area (Å²) in [5, 5.41) is 12.2. The molecule has 5 nitrogen and oxygen atoms in total. The number of hydrogen-bond donors (Lipinski definition) is 2. The maximum absolute atomic E-state index is 13.3. The number of thiophene rings is 1. The lowest BCUT2D eigenvalue weighted by Gasteiger charge is -2.17. The van der Waals surface area contributed by atoms with Gasteiger partial charge in [-0.05, 0) is 67.1 Å². The van der Waals surface area contributed by atoms with Crippen molar-refractivity contribution in [2.24, 2.45) is 0 Å². The van der Waals surface area contributed by atoms with Gasteiger partial charge in [0, 0.05) is 9.75 Å². The second kappa shape index (κ2) is 9.63. The molecule has 7 heteroatoms. The first-order chi connectivity index (χ1) is 15.4. The number of carbonyl (C=O) groups is 2. The molecular weight excluding hydrogens is 429 g/mol. The SMILES string of the molecule is C[C@H](NC(=O)c1c(CCc2ccc(F)cc2)sc2c1CCOC2)c1ccc(C(=O)O)cc1. The van der Waals surface area contributed by atoms with Gasteiger partial charge in [0.25, 0.3) is 5.91 Å². The Labute approximate surface area is 189 Å². The zero-order valence-electron chi connectivity index (χ0n) is 17.7. The molecule has 2 aromatic carbocycles. The van der Waals surface area contributed by atoms with Crippen molar-refractivity contribution in [1.82, 2.24) is 5.32 Å². The van der Waals surface area contributed by atoms with E-state index in [0.29, 0.717) is 32.5 Å². The molecule has 2 heterocycles. The Kier molecular flexibility index (Phi) is 6.67. The van der Waals surface area contributed by atoms with Gasteiger partial charge in [-0.3, -0.25) is 4.79 Å². The Bertz CT molecular complexity index is 1120. The van der Waals surface area contributed by atoms with E-state index in [2.05, 4.69) is 5.32 Å². The summed E-state index contributed by atoms with van der Waals surface area (Å²) >= 11 is 1.62. The van der Waals surface area contributed by atoms with Crippen molar-refractivity contribution < 1.29 is 23.8 Å². The molecule has 166 valence electrons. The van der Waals surface area contributed by atoms with E-state index in [-0.39, 0.29) is 23.3 Å². The van der Waals surface area contributed by atoms with Gasteiger partial charge in [0.15, 0.2) is 0 Å². The Morgan fingerprint density at radius 3 is 2.53 bits per heavy atom. The van der Waals surface area contributed by atoms with Crippen LogP contribution in [0.15, 0.2) is 48.5 Å². The molecule has 32 heavy (non-hydrogen) atoms. The number of aryl methyl sites for hydroxylation is 2. The molecule has 1 amide bonds. The zero-order chi connectivity index (χ0) is 22.7. The molecule has 0 radical (unpaired) electrons. The van der Waals surface area contributed by atoms with Crippen LogP contribution in [0.3, 0.4) is 0 Å². The van der Waals surface area contributed by atoms with E-state index >= 15 is 0 Å². The van der Waals surface area contributed by atoms with Crippen LogP contribution >= 0.6 is 11.3 Å². The molecule has 0 aliphatic carbocycles. The first-order valence-corrected chi connectivity index (χ1v) is 11.3. The largest absolute Gasteiger partial charge is 0.478 e. The molecule has 1 aliphatic heterocycles. The number of aromatic carboxylic acids is 1. The highest BCUT2D eigenvalue weighted by Gasteiger charge is 2.26. The fourth-order valence-corrected chi connectivity index (χ4v) is 5.19. The minimum absolute atomic E-state index is 0.131. The van der Waals surface area contributed by atoms with Crippen LogP contribution < -0.4 is 5.32 Å². The molecule has 1 aromatic heterocycles. The summed E-state index contributed by atoms with van der Waals surface area (Å²) in [6.45, 7) is 2.99. The predicted molar refractivity (Wildman–Crippen MR) is 121 cm³/mol. The van der Waals surface area contributed by atoms with Crippen LogP contribution in [0.1, 0.15) is 60.1 Å². The molecular formula is C25H24FNO4S. The molecule has 0 saturated heterocycles. The Balaban J connectivity index is 1.54. The Hall–Kier alpha value is -3.03. The predicted octanol–water partition coefficient (Wildman–Crippen LogP) is 4.93. The summed E-state index contributed by atoms with van der Waals surface area (Å²) in [6, 6.07) is 12.7. The summed E-state index contributed by atoms with van der Waals surface area (Å²) in [4.78, 5) is 26.5. The van der Waals surface area contributed by atoms with E-state index in [1.165, 1.54) is 24.3 Å². The number of benzene rings is 2. The van der Waals surface area contributed by atoms with Gasteiger partial charge in [0.05, 0.1) is 30.4 Å². The standard InChI is InChI=1S/C25H24FNO4S/c1-15(17-5-7-18(8-6-17)25(29)30)27-24(28)23-20-12-13-31-14-22(20)32-21(23)11-4-16-2-9-19(26)10-3-16/h2-3,5-10,15H,4,11-14H2,1H3,(H,27,28)(H,29,30)/t15-/m0/s1. The van der Waals surface area contributed by atoms with E-state index in [1.807, 2.05) is 6.92 Å². The van der Waals surface area contributed by atoms with Gasteiger partial charge in [-0.1, -0.05) is 24.3 Å². The van der Waals surface area contributed by atoms with Gasteiger partial charge in [0.2, 0.25) is 0 Å². The van der Waals surface area contributed by atoms with E-state index < -0.39 is 5.97 Å². The number of carboxylic acid groups (broad SMARTS) is 1. The Morgan fingerprint density at radius 2 is 1.84 bits per heavy atom. The van der Waals surface area contributed by atoms with Gasteiger partial charge in [-0.25, -0.2) is 9.18 Å². The van der Waals surface area contributed by atoms with Crippen LogP contribution in [0.25, 0.3) is 0 Å². The smallest absolute Gasteiger partial charge is 0.335 e. The zero-order valence-corrected chi connectivity index (χ0v) is 18.5. The first kappa shape index (κ1) is 22.2. The summed E-state index contributed by atoms with van der Waals surface area (Å²) < 4.78 is 18.8. The average Bonchev–Trinajstić information content (AvgIpc) is 3.17. The maximum Gasteiger partial charge on any atom is 0.335 e. The summed E-state index contributed by atoms with van der Waals surface area (Å²) in [7, 11) is 0. The van der Waals surface area contributed by atoms with Crippen molar-refractivity contribution in [2.45, 2.75) is 38.8 Å². The third-order valence-electron chi connectivity index (χ3n) is 5.68. The molecule has 0 bridgehead atoms. The molecule has 2 N–H and O–H groups in total. The molecule has 4 rings (SSSR count). The summed E-state index contributed by atoms with van der Waals surface area (Å²) in [5.74, 6) is -1.37. The van der Waals surface area contributed by atoms with Crippen molar-refractivity contribution in [2.75, 3.05) is 6.61 Å². The minimum Gasteiger partial charge on any atom is -0.478 e. The van der Waals surface area contributed by atoms with Crippen LogP contribution in [0, 0.1) is 5.82 Å². The average molecular weight is 454 g/mol. The molecule has 0 spiro atoms. The quantitative estimate of drug-likeness (QED) is 0.532. The lowest BCUT2D eigenvalue weighted by atomic mass is 9.99. The van der Waals surface area contributed by atoms with E-state index in [4.69, 9.17) is 9.84 Å². The highest BCUT2D eigenvalue weighted by Crippen LogP contribution is 2.34. The first-order valence-electron chi connectivity index (χ1n) is 10.5. The van der Waals surface area contributed by atoms with Crippen molar-refractivity contribution in [3.05, 3.63) is 91.9 Å². The monoisotopic (exact) mass is 453 g/mol. The topological polar surface area (TPSA) is 75.6 Å². The van der Waals surface area contributed by atoms with Crippen molar-refractivity contribution in [3.8, 4) is 0 Å². The normalized spacial score (nSPS) is 13.9. The Morgan fingerprint density at radius 1 is 1.12 bits per heavy atom. The number of carboxylic acids is 1. The van der Waals surface area contributed by atoms with Gasteiger partial charge in [0.1, 0.15) is 5.82 Å². The fraction of sp³-hybridized carbons (Fsp3) is 0.280. The van der Waals surface area contributed by atoms with Crippen LogP contribution in [0.5, 0.6) is 0 Å². The van der Waals surface area contributed by atoms with Crippen LogP contribution in [-0.4, -0.2) is 23.6 Å². The lowest BCUT2D eigenvalue weighted by molar-refractivity contribution is 0.0696. The summed E-state index contributed by atoms with van der Waals surface area (Å²) in [6.07, 6.45) is 2.10. The molecule has 0 fully saturated rings. The van der Waals surface area contributed by atoms with Gasteiger partial charge < -0.3 is 15.2 Å². The summed E-state index contributed by atoms with van der Waals surface area (Å²) in [5.41, 5.74) is 3.85. The van der Waals surface area contributed by atoms with Crippen LogP contribution in [-0.2, 0) is 30.6 Å². The minimum atomic E-state index is -0.980. The molecule has 1 atom stereocenters. The fourth-order valence-electron chi connectivity index (χ4n) is 3.90. The number of fused-ring (bicyclic) bond motifs is 1. The maximum atomic E-state index is 13.3. The number of halogens is 1. The highest BCUT2D eigenvalue weighted by atomic mass is 32.1. The molecule has 1 aliphatic rings. The van der Waals surface area contributed by atoms with E-state index in [0.717, 1.165) is 32.0 Å². The molecule has 0 unspecified atom stereocenters. The van der Waals surface area contributed by atoms with Gasteiger partial charge in [-0.2, -0.15) is 0 Å². The number of amides is 1. The van der Waals surface area contributed by atoms with E-state index in [9.17, 15) is 14.0 Å². The highest BCUT2D eigenvalue weighted by molar-refractivity contribution is 7.12. The molecule has 3 aromatic rings. The van der Waals surface area contributed by atoms with E-state index in [1.54, 1.807) is 35.6 Å². The second-order valence-electron chi connectivity index (χ2n) is 7.85. The lowest BCUT2D eigenvalue weighted by Crippen LogP contribution is -2.28. The number of hydrogen-bond acceptors (Lipinski definition) is 4. The molecule has 0 saturated carbocycles. The third kappa shape index (κ3) is 4.89.